The van der Waals surface area contributed by atoms with Crippen LogP contribution in [-0.4, -0.2) is 17.4 Å². The van der Waals surface area contributed by atoms with Crippen LogP contribution in [0.5, 0.6) is 0 Å². The fourth-order valence-corrected chi connectivity index (χ4v) is 4.04. The van der Waals surface area contributed by atoms with Crippen molar-refractivity contribution in [3.8, 4) is 0 Å². The first-order valence-electron chi connectivity index (χ1n) is 7.27. The van der Waals surface area contributed by atoms with Gasteiger partial charge in [0, 0.05) is 24.5 Å². The number of nitrogens with zero attached hydrogens (tertiary/aromatic N) is 1. The summed E-state index contributed by atoms with van der Waals surface area (Å²) in [5.74, 6) is 2.40. The molecule has 0 spiro atoms. The third-order valence-corrected chi connectivity index (χ3v) is 5.47. The quantitative estimate of drug-likeness (QED) is 0.905. The molecule has 1 amide bonds. The largest absolute Gasteiger partial charge is 0.352 e. The summed E-state index contributed by atoms with van der Waals surface area (Å²) >= 11 is 0. The summed E-state index contributed by atoms with van der Waals surface area (Å²) in [6.07, 6.45) is 7.29. The molecule has 3 atom stereocenters. The lowest BCUT2D eigenvalue weighted by molar-refractivity contribution is -0.103. The predicted octanol–water partition coefficient (Wildman–Crippen LogP) is 2.88. The van der Waals surface area contributed by atoms with E-state index in [9.17, 15) is 4.79 Å². The molecule has 0 radical (unpaired) electrons. The SMILES string of the molecule is CC1(C)[C@H]2CC[C@@H](CNC(=O)c3ccncc3)[C@@H]1C2. The summed E-state index contributed by atoms with van der Waals surface area (Å²) in [5, 5.41) is 3.09. The van der Waals surface area contributed by atoms with Crippen LogP contribution < -0.4 is 5.32 Å². The second-order valence-corrected chi connectivity index (χ2v) is 6.64. The van der Waals surface area contributed by atoms with Gasteiger partial charge in [0.25, 0.3) is 5.91 Å². The second kappa shape index (κ2) is 4.62. The molecule has 4 rings (SSSR count). The van der Waals surface area contributed by atoms with E-state index in [1.807, 2.05) is 0 Å². The highest BCUT2D eigenvalue weighted by molar-refractivity contribution is 5.93. The van der Waals surface area contributed by atoms with E-state index in [1.54, 1.807) is 24.5 Å². The maximum absolute atomic E-state index is 12.0. The predicted molar refractivity (Wildman–Crippen MR) is 74.7 cm³/mol. The number of amides is 1. The fourth-order valence-electron chi connectivity index (χ4n) is 4.04. The Hall–Kier alpha value is -1.38. The first-order valence-corrected chi connectivity index (χ1v) is 7.27. The van der Waals surface area contributed by atoms with Crippen molar-refractivity contribution in [1.82, 2.24) is 10.3 Å². The van der Waals surface area contributed by atoms with Gasteiger partial charge >= 0.3 is 0 Å². The molecule has 1 heterocycles. The molecule has 19 heavy (non-hydrogen) atoms. The maximum atomic E-state index is 12.0. The molecule has 3 saturated carbocycles. The van der Waals surface area contributed by atoms with Gasteiger partial charge in [0.1, 0.15) is 0 Å². The van der Waals surface area contributed by atoms with Crippen molar-refractivity contribution in [2.45, 2.75) is 33.1 Å². The Morgan fingerprint density at radius 1 is 1.37 bits per heavy atom. The number of aromatic nitrogens is 1. The van der Waals surface area contributed by atoms with Gasteiger partial charge < -0.3 is 5.32 Å². The van der Waals surface area contributed by atoms with Crippen molar-refractivity contribution in [1.29, 1.82) is 0 Å². The molecule has 0 unspecified atom stereocenters. The Bertz CT molecular complexity index is 467. The molecule has 102 valence electrons. The standard InChI is InChI=1S/C16H22N2O/c1-16(2)13-4-3-12(14(16)9-13)10-18-15(19)11-5-7-17-8-6-11/h5-8,12-14H,3-4,9-10H2,1-2H3,(H,18,19)/t12-,13-,14-/m0/s1. The number of rotatable bonds is 3. The Morgan fingerprint density at radius 2 is 2.11 bits per heavy atom. The number of carbonyl (C=O) groups excluding carboxylic acids is 1. The number of carbonyl (C=O) groups is 1. The fraction of sp³-hybridized carbons (Fsp3) is 0.625. The molecule has 3 fully saturated rings. The van der Waals surface area contributed by atoms with E-state index >= 15 is 0 Å². The van der Waals surface area contributed by atoms with Crippen LogP contribution in [0.15, 0.2) is 24.5 Å². The molecule has 3 aliphatic carbocycles. The Morgan fingerprint density at radius 3 is 2.74 bits per heavy atom. The Balaban J connectivity index is 1.57. The summed E-state index contributed by atoms with van der Waals surface area (Å²) < 4.78 is 0. The van der Waals surface area contributed by atoms with Crippen LogP contribution in [0.3, 0.4) is 0 Å². The Kier molecular flexibility index (Phi) is 3.08. The van der Waals surface area contributed by atoms with Crippen molar-refractivity contribution in [3.63, 3.8) is 0 Å². The van der Waals surface area contributed by atoms with Crippen LogP contribution in [0.1, 0.15) is 43.5 Å². The first-order chi connectivity index (χ1) is 9.09. The highest BCUT2D eigenvalue weighted by Gasteiger charge is 2.53. The Labute approximate surface area is 114 Å². The van der Waals surface area contributed by atoms with Crippen molar-refractivity contribution < 1.29 is 4.79 Å². The van der Waals surface area contributed by atoms with Gasteiger partial charge in [0.05, 0.1) is 0 Å². The second-order valence-electron chi connectivity index (χ2n) is 6.64. The van der Waals surface area contributed by atoms with E-state index in [1.165, 1.54) is 19.3 Å². The highest BCUT2D eigenvalue weighted by atomic mass is 16.1. The third-order valence-electron chi connectivity index (χ3n) is 5.47. The smallest absolute Gasteiger partial charge is 0.251 e. The number of hydrogen-bond donors (Lipinski definition) is 1. The number of fused-ring (bicyclic) bond motifs is 2. The van der Waals surface area contributed by atoms with Crippen LogP contribution in [0.4, 0.5) is 0 Å². The first kappa shape index (κ1) is 12.6. The minimum absolute atomic E-state index is 0.0293. The minimum atomic E-state index is 0.0293. The summed E-state index contributed by atoms with van der Waals surface area (Å²) in [7, 11) is 0. The van der Waals surface area contributed by atoms with Crippen molar-refractivity contribution in [3.05, 3.63) is 30.1 Å². The molecule has 0 saturated heterocycles. The molecular weight excluding hydrogens is 236 g/mol. The van der Waals surface area contributed by atoms with E-state index < -0.39 is 0 Å². The topological polar surface area (TPSA) is 42.0 Å². The van der Waals surface area contributed by atoms with Crippen LogP contribution in [0.25, 0.3) is 0 Å². The van der Waals surface area contributed by atoms with Crippen molar-refractivity contribution in [2.24, 2.45) is 23.2 Å². The van der Waals surface area contributed by atoms with Gasteiger partial charge in [0.15, 0.2) is 0 Å². The maximum Gasteiger partial charge on any atom is 0.251 e. The average Bonchev–Trinajstić information content (AvgIpc) is 2.45. The third kappa shape index (κ3) is 2.15. The molecule has 1 aromatic heterocycles. The van der Waals surface area contributed by atoms with E-state index in [0.717, 1.165) is 18.4 Å². The molecule has 0 aliphatic heterocycles. The van der Waals surface area contributed by atoms with Crippen LogP contribution >= 0.6 is 0 Å². The van der Waals surface area contributed by atoms with Gasteiger partial charge in [-0.15, -0.1) is 0 Å². The van der Waals surface area contributed by atoms with Gasteiger partial charge in [-0.05, 0) is 54.6 Å². The van der Waals surface area contributed by atoms with Gasteiger partial charge in [0.2, 0.25) is 0 Å². The van der Waals surface area contributed by atoms with Gasteiger partial charge in [-0.25, -0.2) is 0 Å². The molecule has 3 nitrogen and oxygen atoms in total. The van der Waals surface area contributed by atoms with E-state index in [0.29, 0.717) is 16.9 Å². The highest BCUT2D eigenvalue weighted by Crippen LogP contribution is 2.61. The van der Waals surface area contributed by atoms with E-state index in [2.05, 4.69) is 24.1 Å². The van der Waals surface area contributed by atoms with Crippen LogP contribution in [0, 0.1) is 23.2 Å². The minimum Gasteiger partial charge on any atom is -0.352 e. The summed E-state index contributed by atoms with van der Waals surface area (Å²) in [5.41, 5.74) is 1.20. The van der Waals surface area contributed by atoms with Gasteiger partial charge in [-0.2, -0.15) is 0 Å². The zero-order valence-corrected chi connectivity index (χ0v) is 11.7. The van der Waals surface area contributed by atoms with E-state index in [4.69, 9.17) is 0 Å². The molecule has 3 heteroatoms. The van der Waals surface area contributed by atoms with Crippen LogP contribution in [0.2, 0.25) is 0 Å². The molecule has 2 bridgehead atoms. The molecular formula is C16H22N2O. The van der Waals surface area contributed by atoms with Crippen molar-refractivity contribution in [2.75, 3.05) is 6.54 Å². The zero-order chi connectivity index (χ0) is 13.5. The normalized spacial score (nSPS) is 31.4. The summed E-state index contributed by atoms with van der Waals surface area (Å²) in [6, 6.07) is 3.53. The van der Waals surface area contributed by atoms with Gasteiger partial charge in [-0.3, -0.25) is 9.78 Å². The lowest BCUT2D eigenvalue weighted by Gasteiger charge is -2.60. The zero-order valence-electron chi connectivity index (χ0n) is 11.7. The van der Waals surface area contributed by atoms with Crippen molar-refractivity contribution >= 4 is 5.91 Å². The summed E-state index contributed by atoms with van der Waals surface area (Å²) in [4.78, 5) is 16.0. The summed E-state index contributed by atoms with van der Waals surface area (Å²) in [6.45, 7) is 5.60. The van der Waals surface area contributed by atoms with Gasteiger partial charge in [-0.1, -0.05) is 13.8 Å². The number of pyridine rings is 1. The number of nitrogens with one attached hydrogen (secondary N) is 1. The lowest BCUT2D eigenvalue weighted by Crippen LogP contribution is -2.54. The molecule has 3 aliphatic rings. The molecule has 1 aromatic rings. The van der Waals surface area contributed by atoms with Crippen LogP contribution in [-0.2, 0) is 0 Å². The molecule has 1 N–H and O–H groups in total. The lowest BCUT2D eigenvalue weighted by atomic mass is 9.45. The average molecular weight is 258 g/mol. The van der Waals surface area contributed by atoms with E-state index in [-0.39, 0.29) is 5.91 Å². The molecule has 0 aromatic carbocycles. The monoisotopic (exact) mass is 258 g/mol. The number of hydrogen-bond acceptors (Lipinski definition) is 2.